The summed E-state index contributed by atoms with van der Waals surface area (Å²) in [6.45, 7) is 3.52. The Morgan fingerprint density at radius 3 is 2.48 bits per heavy atom. The van der Waals surface area contributed by atoms with Gasteiger partial charge in [-0.15, -0.1) is 0 Å². The van der Waals surface area contributed by atoms with Gasteiger partial charge in [-0.3, -0.25) is 20.2 Å². The van der Waals surface area contributed by atoms with Crippen molar-refractivity contribution in [1.29, 1.82) is 0 Å². The van der Waals surface area contributed by atoms with Crippen LogP contribution in [0.15, 0.2) is 18.3 Å². The van der Waals surface area contributed by atoms with Gasteiger partial charge < -0.3 is 5.73 Å². The molecular formula is C12H12N6O3. The van der Waals surface area contributed by atoms with Crippen LogP contribution < -0.4 is 11.1 Å². The van der Waals surface area contributed by atoms with E-state index < -0.39 is 10.8 Å². The molecule has 0 aliphatic carbocycles. The molecule has 0 aromatic carbocycles. The third-order valence-electron chi connectivity index (χ3n) is 2.57. The summed E-state index contributed by atoms with van der Waals surface area (Å²) in [7, 11) is 0. The molecule has 2 heterocycles. The third kappa shape index (κ3) is 3.26. The fraction of sp³-hybridized carbons (Fsp3) is 0.167. The molecule has 0 atom stereocenters. The molecule has 2 aromatic rings. The van der Waals surface area contributed by atoms with Gasteiger partial charge in [0.05, 0.1) is 10.5 Å². The number of hydrogen-bond acceptors (Lipinski definition) is 7. The summed E-state index contributed by atoms with van der Waals surface area (Å²) in [5.41, 5.74) is 6.51. The van der Waals surface area contributed by atoms with Gasteiger partial charge in [0.1, 0.15) is 12.0 Å². The molecule has 0 aliphatic heterocycles. The SMILES string of the molecule is Cc1cc(C)nc(NC(=O)c2cc([N+](=O)[O-])cnc2N)n1. The summed E-state index contributed by atoms with van der Waals surface area (Å²) in [6.07, 6.45) is 0.986. The number of hydrogen-bond donors (Lipinski definition) is 2. The predicted molar refractivity (Wildman–Crippen MR) is 74.8 cm³/mol. The molecule has 0 aliphatic rings. The Kier molecular flexibility index (Phi) is 3.74. The normalized spacial score (nSPS) is 10.2. The minimum Gasteiger partial charge on any atom is -0.383 e. The van der Waals surface area contributed by atoms with Gasteiger partial charge in [-0.2, -0.15) is 0 Å². The highest BCUT2D eigenvalue weighted by atomic mass is 16.6. The van der Waals surface area contributed by atoms with E-state index in [4.69, 9.17) is 5.73 Å². The van der Waals surface area contributed by atoms with Crippen molar-refractivity contribution in [3.8, 4) is 0 Å². The number of amides is 1. The standard InChI is InChI=1S/C12H12N6O3/c1-6-3-7(2)16-12(15-6)17-11(19)9-4-8(18(20)21)5-14-10(9)13/h3-5H,1-2H3,(H2,13,14)(H,15,16,17,19). The van der Waals surface area contributed by atoms with Crippen LogP contribution in [0.5, 0.6) is 0 Å². The highest BCUT2D eigenvalue weighted by molar-refractivity contribution is 6.06. The first kappa shape index (κ1) is 14.3. The second-order valence-corrected chi connectivity index (χ2v) is 4.31. The number of aromatic nitrogens is 3. The van der Waals surface area contributed by atoms with Crippen molar-refractivity contribution in [3.05, 3.63) is 45.4 Å². The number of rotatable bonds is 3. The van der Waals surface area contributed by atoms with Gasteiger partial charge >= 0.3 is 0 Å². The van der Waals surface area contributed by atoms with Crippen LogP contribution in [0.1, 0.15) is 21.7 Å². The zero-order valence-corrected chi connectivity index (χ0v) is 11.3. The number of pyridine rings is 1. The first-order chi connectivity index (χ1) is 9.86. The molecule has 21 heavy (non-hydrogen) atoms. The molecule has 108 valence electrons. The van der Waals surface area contributed by atoms with Crippen LogP contribution in [0.3, 0.4) is 0 Å². The van der Waals surface area contributed by atoms with Crippen LogP contribution in [0.2, 0.25) is 0 Å². The molecule has 0 fully saturated rings. The number of carbonyl (C=O) groups is 1. The molecule has 2 rings (SSSR count). The maximum atomic E-state index is 12.1. The lowest BCUT2D eigenvalue weighted by atomic mass is 10.2. The second-order valence-electron chi connectivity index (χ2n) is 4.31. The fourth-order valence-electron chi connectivity index (χ4n) is 1.70. The maximum absolute atomic E-state index is 12.1. The molecule has 0 unspecified atom stereocenters. The van der Waals surface area contributed by atoms with E-state index in [9.17, 15) is 14.9 Å². The Hall–Kier alpha value is -3.10. The highest BCUT2D eigenvalue weighted by Gasteiger charge is 2.17. The van der Waals surface area contributed by atoms with Gasteiger partial charge in [0, 0.05) is 17.5 Å². The summed E-state index contributed by atoms with van der Waals surface area (Å²) in [5, 5.41) is 13.1. The number of nitrogens with one attached hydrogen (secondary N) is 1. The number of carbonyl (C=O) groups excluding carboxylic acids is 1. The van der Waals surface area contributed by atoms with Gasteiger partial charge in [-0.1, -0.05) is 0 Å². The number of nitro groups is 1. The number of aryl methyl sites for hydroxylation is 2. The van der Waals surface area contributed by atoms with Crippen molar-refractivity contribution in [2.45, 2.75) is 13.8 Å². The summed E-state index contributed by atoms with van der Waals surface area (Å²) < 4.78 is 0. The van der Waals surface area contributed by atoms with Crippen molar-refractivity contribution in [1.82, 2.24) is 15.0 Å². The predicted octanol–water partition coefficient (Wildman–Crippen LogP) is 1.23. The molecule has 0 saturated heterocycles. The molecule has 0 spiro atoms. The second kappa shape index (κ2) is 5.49. The lowest BCUT2D eigenvalue weighted by Crippen LogP contribution is -2.17. The minimum absolute atomic E-state index is 0.100. The molecule has 0 saturated carbocycles. The molecule has 3 N–H and O–H groups in total. The average Bonchev–Trinajstić information content (AvgIpc) is 2.37. The Morgan fingerprint density at radius 2 is 1.90 bits per heavy atom. The van der Waals surface area contributed by atoms with Gasteiger partial charge in [0.15, 0.2) is 0 Å². The fourth-order valence-corrected chi connectivity index (χ4v) is 1.70. The zero-order valence-electron chi connectivity index (χ0n) is 11.3. The van der Waals surface area contributed by atoms with E-state index in [1.54, 1.807) is 19.9 Å². The smallest absolute Gasteiger partial charge is 0.288 e. The lowest BCUT2D eigenvalue weighted by molar-refractivity contribution is -0.385. The van der Waals surface area contributed by atoms with Gasteiger partial charge in [-0.05, 0) is 19.9 Å². The minimum atomic E-state index is -0.659. The summed E-state index contributed by atoms with van der Waals surface area (Å²) in [4.78, 5) is 33.9. The van der Waals surface area contributed by atoms with Gasteiger partial charge in [0.2, 0.25) is 5.95 Å². The van der Waals surface area contributed by atoms with Crippen LogP contribution in [-0.2, 0) is 0 Å². The summed E-state index contributed by atoms with van der Waals surface area (Å²) in [5.74, 6) is -0.667. The van der Waals surface area contributed by atoms with E-state index in [0.717, 1.165) is 12.3 Å². The van der Waals surface area contributed by atoms with E-state index in [0.29, 0.717) is 11.4 Å². The lowest BCUT2D eigenvalue weighted by Gasteiger charge is -2.07. The van der Waals surface area contributed by atoms with E-state index in [1.165, 1.54) is 0 Å². The Morgan fingerprint density at radius 1 is 1.29 bits per heavy atom. The first-order valence-corrected chi connectivity index (χ1v) is 5.90. The van der Waals surface area contributed by atoms with Crippen molar-refractivity contribution in [2.75, 3.05) is 11.1 Å². The molecule has 9 nitrogen and oxygen atoms in total. The van der Waals surface area contributed by atoms with Crippen molar-refractivity contribution in [3.63, 3.8) is 0 Å². The third-order valence-corrected chi connectivity index (χ3v) is 2.57. The van der Waals surface area contributed by atoms with E-state index >= 15 is 0 Å². The van der Waals surface area contributed by atoms with Crippen molar-refractivity contribution >= 4 is 23.4 Å². The zero-order chi connectivity index (χ0) is 15.6. The van der Waals surface area contributed by atoms with E-state index in [1.807, 2.05) is 0 Å². The summed E-state index contributed by atoms with van der Waals surface area (Å²) in [6, 6.07) is 2.80. The molecule has 1 amide bonds. The largest absolute Gasteiger partial charge is 0.383 e. The number of nitrogens with two attached hydrogens (primary N) is 1. The Balaban J connectivity index is 2.31. The van der Waals surface area contributed by atoms with Gasteiger partial charge in [-0.25, -0.2) is 15.0 Å². The molecular weight excluding hydrogens is 276 g/mol. The van der Waals surface area contributed by atoms with E-state index in [2.05, 4.69) is 20.3 Å². The van der Waals surface area contributed by atoms with Crippen molar-refractivity contribution < 1.29 is 9.72 Å². The number of anilines is 2. The van der Waals surface area contributed by atoms with Crippen molar-refractivity contribution in [2.24, 2.45) is 0 Å². The highest BCUT2D eigenvalue weighted by Crippen LogP contribution is 2.17. The van der Waals surface area contributed by atoms with E-state index in [-0.39, 0.29) is 23.0 Å². The van der Waals surface area contributed by atoms with Crippen LogP contribution in [-0.4, -0.2) is 25.8 Å². The summed E-state index contributed by atoms with van der Waals surface area (Å²) >= 11 is 0. The van der Waals surface area contributed by atoms with Crippen LogP contribution in [0.4, 0.5) is 17.5 Å². The van der Waals surface area contributed by atoms with Crippen LogP contribution >= 0.6 is 0 Å². The number of nitrogens with zero attached hydrogens (tertiary/aromatic N) is 4. The van der Waals surface area contributed by atoms with Crippen LogP contribution in [0, 0.1) is 24.0 Å². The number of nitrogen functional groups attached to an aromatic ring is 1. The Bertz CT molecular complexity index is 711. The first-order valence-electron chi connectivity index (χ1n) is 5.90. The monoisotopic (exact) mass is 288 g/mol. The molecule has 0 bridgehead atoms. The molecule has 2 aromatic heterocycles. The maximum Gasteiger partial charge on any atom is 0.288 e. The average molecular weight is 288 g/mol. The van der Waals surface area contributed by atoms with Gasteiger partial charge in [0.25, 0.3) is 11.6 Å². The quantitative estimate of drug-likeness (QED) is 0.640. The Labute approximate surface area is 119 Å². The molecule has 0 radical (unpaired) electrons. The topological polar surface area (TPSA) is 137 Å². The van der Waals surface area contributed by atoms with Crippen LogP contribution in [0.25, 0.3) is 0 Å². The molecule has 9 heteroatoms.